The van der Waals surface area contributed by atoms with E-state index in [-0.39, 0.29) is 30.2 Å². The summed E-state index contributed by atoms with van der Waals surface area (Å²) in [5.41, 5.74) is 5.39. The molecule has 0 amide bonds. The van der Waals surface area contributed by atoms with Crippen LogP contribution in [0.2, 0.25) is 0 Å². The first-order valence-electron chi connectivity index (χ1n) is 6.49. The van der Waals surface area contributed by atoms with Gasteiger partial charge in [0.2, 0.25) is 5.09 Å². The monoisotopic (exact) mass is 288 g/mol. The van der Waals surface area contributed by atoms with Crippen LogP contribution in [0.25, 0.3) is 0 Å². The number of nitrogens with one attached hydrogen (secondary N) is 1. The lowest BCUT2D eigenvalue weighted by Crippen LogP contribution is -2.43. The van der Waals surface area contributed by atoms with Crippen molar-refractivity contribution in [2.45, 2.75) is 43.4 Å². The van der Waals surface area contributed by atoms with E-state index in [0.29, 0.717) is 5.76 Å². The van der Waals surface area contributed by atoms with Gasteiger partial charge in [-0.1, -0.05) is 12.8 Å². The van der Waals surface area contributed by atoms with Crippen molar-refractivity contribution in [2.75, 3.05) is 6.61 Å². The van der Waals surface area contributed by atoms with E-state index < -0.39 is 10.0 Å². The Labute approximate surface area is 113 Å². The summed E-state index contributed by atoms with van der Waals surface area (Å²) in [6, 6.07) is 2.73. The molecule has 1 saturated carbocycles. The molecule has 1 aliphatic rings. The van der Waals surface area contributed by atoms with Gasteiger partial charge in [-0.25, -0.2) is 13.1 Å². The first-order chi connectivity index (χ1) is 9.06. The number of nitrogens with two attached hydrogens (primary N) is 1. The Hall–Kier alpha value is -0.890. The summed E-state index contributed by atoms with van der Waals surface area (Å²) in [5.74, 6) is 0.412. The quantitative estimate of drug-likeness (QED) is 0.734. The summed E-state index contributed by atoms with van der Waals surface area (Å²) in [6.45, 7) is 0.164. The van der Waals surface area contributed by atoms with Crippen LogP contribution in [0.4, 0.5) is 0 Å². The molecule has 1 aliphatic carbocycles. The predicted octanol–water partition coefficient (Wildman–Crippen LogP) is 0.568. The third-order valence-electron chi connectivity index (χ3n) is 3.55. The number of rotatable bonds is 5. The third kappa shape index (κ3) is 3.36. The van der Waals surface area contributed by atoms with Gasteiger partial charge < -0.3 is 15.3 Å². The third-order valence-corrected chi connectivity index (χ3v) is 4.92. The zero-order valence-corrected chi connectivity index (χ0v) is 11.5. The zero-order chi connectivity index (χ0) is 13.9. The Morgan fingerprint density at radius 2 is 2.11 bits per heavy atom. The number of aliphatic hydroxyl groups is 1. The van der Waals surface area contributed by atoms with Gasteiger partial charge in [-0.05, 0) is 30.9 Å². The fraction of sp³-hybridized carbons (Fsp3) is 0.667. The molecule has 0 aliphatic heterocycles. The Morgan fingerprint density at radius 3 is 2.74 bits per heavy atom. The zero-order valence-electron chi connectivity index (χ0n) is 10.7. The van der Waals surface area contributed by atoms with Crippen LogP contribution in [0, 0.1) is 5.92 Å². The van der Waals surface area contributed by atoms with Gasteiger partial charge in [0.15, 0.2) is 0 Å². The first kappa shape index (κ1) is 14.5. The second kappa shape index (κ2) is 6.04. The summed E-state index contributed by atoms with van der Waals surface area (Å²) < 4.78 is 32.1. The van der Waals surface area contributed by atoms with Crippen LogP contribution in [-0.4, -0.2) is 26.2 Å². The molecule has 2 unspecified atom stereocenters. The van der Waals surface area contributed by atoms with Crippen molar-refractivity contribution < 1.29 is 17.9 Å². The van der Waals surface area contributed by atoms with Crippen molar-refractivity contribution in [3.8, 4) is 0 Å². The molecule has 0 aromatic carbocycles. The Kier molecular flexibility index (Phi) is 4.62. The molecule has 19 heavy (non-hydrogen) atoms. The molecule has 0 bridgehead atoms. The Bertz CT molecular complexity index is 512. The van der Waals surface area contributed by atoms with E-state index >= 15 is 0 Å². The molecule has 0 saturated heterocycles. The fourth-order valence-corrected chi connectivity index (χ4v) is 3.74. The molecule has 0 radical (unpaired) electrons. The number of hydrogen-bond donors (Lipinski definition) is 3. The van der Waals surface area contributed by atoms with E-state index in [9.17, 15) is 13.5 Å². The van der Waals surface area contributed by atoms with Gasteiger partial charge in [0.05, 0.1) is 6.54 Å². The highest BCUT2D eigenvalue weighted by molar-refractivity contribution is 7.89. The van der Waals surface area contributed by atoms with Crippen molar-refractivity contribution in [3.05, 3.63) is 17.9 Å². The molecule has 1 aromatic heterocycles. The lowest BCUT2D eigenvalue weighted by atomic mass is 9.86. The van der Waals surface area contributed by atoms with Crippen molar-refractivity contribution in [1.29, 1.82) is 0 Å². The summed E-state index contributed by atoms with van der Waals surface area (Å²) >= 11 is 0. The maximum absolute atomic E-state index is 12.2. The van der Waals surface area contributed by atoms with E-state index in [2.05, 4.69) is 4.72 Å². The normalized spacial score (nSPS) is 24.5. The molecular formula is C12H20N2O4S. The minimum Gasteiger partial charge on any atom is -0.447 e. The SMILES string of the molecule is NCc1ccc(S(=O)(=O)NC2CCCCC2CO)o1. The van der Waals surface area contributed by atoms with Crippen LogP contribution in [0.1, 0.15) is 31.4 Å². The maximum atomic E-state index is 12.2. The second-order valence-electron chi connectivity index (χ2n) is 4.88. The van der Waals surface area contributed by atoms with E-state index in [1.54, 1.807) is 6.07 Å². The molecule has 2 rings (SSSR count). The van der Waals surface area contributed by atoms with E-state index in [1.807, 2.05) is 0 Å². The molecule has 1 heterocycles. The average Bonchev–Trinajstić information content (AvgIpc) is 2.88. The number of hydrogen-bond acceptors (Lipinski definition) is 5. The predicted molar refractivity (Wildman–Crippen MR) is 69.8 cm³/mol. The minimum absolute atomic E-state index is 0.000604. The van der Waals surface area contributed by atoms with Crippen LogP contribution >= 0.6 is 0 Å². The highest BCUT2D eigenvalue weighted by Crippen LogP contribution is 2.25. The minimum atomic E-state index is -3.68. The molecule has 2 atom stereocenters. The molecule has 4 N–H and O–H groups in total. The Morgan fingerprint density at radius 1 is 1.37 bits per heavy atom. The van der Waals surface area contributed by atoms with Gasteiger partial charge in [-0.15, -0.1) is 0 Å². The van der Waals surface area contributed by atoms with Gasteiger partial charge in [-0.2, -0.15) is 0 Å². The van der Waals surface area contributed by atoms with Gasteiger partial charge in [0.1, 0.15) is 5.76 Å². The summed E-state index contributed by atoms with van der Waals surface area (Å²) in [4.78, 5) is 0. The van der Waals surface area contributed by atoms with Crippen LogP contribution in [0.5, 0.6) is 0 Å². The van der Waals surface area contributed by atoms with Gasteiger partial charge in [0, 0.05) is 12.6 Å². The maximum Gasteiger partial charge on any atom is 0.274 e. The molecule has 7 heteroatoms. The van der Waals surface area contributed by atoms with E-state index in [1.165, 1.54) is 6.07 Å². The smallest absolute Gasteiger partial charge is 0.274 e. The van der Waals surface area contributed by atoms with Crippen molar-refractivity contribution in [3.63, 3.8) is 0 Å². The number of aliphatic hydroxyl groups excluding tert-OH is 1. The summed E-state index contributed by atoms with van der Waals surface area (Å²) in [7, 11) is -3.68. The van der Waals surface area contributed by atoms with Gasteiger partial charge >= 0.3 is 0 Å². The van der Waals surface area contributed by atoms with Crippen LogP contribution in [-0.2, 0) is 16.6 Å². The standard InChI is InChI=1S/C12H20N2O4S/c13-7-10-5-6-12(18-10)19(16,17)14-11-4-2-1-3-9(11)8-15/h5-6,9,11,14-15H,1-4,7-8,13H2. The number of furan rings is 1. The van der Waals surface area contributed by atoms with E-state index in [4.69, 9.17) is 10.2 Å². The average molecular weight is 288 g/mol. The number of sulfonamides is 1. The molecule has 1 fully saturated rings. The van der Waals surface area contributed by atoms with Gasteiger partial charge in [-0.3, -0.25) is 0 Å². The Balaban J connectivity index is 2.11. The molecular weight excluding hydrogens is 268 g/mol. The topological polar surface area (TPSA) is 106 Å². The fourth-order valence-electron chi connectivity index (χ4n) is 2.45. The lowest BCUT2D eigenvalue weighted by molar-refractivity contribution is 0.164. The molecule has 108 valence electrons. The van der Waals surface area contributed by atoms with Crippen molar-refractivity contribution in [2.24, 2.45) is 11.7 Å². The second-order valence-corrected chi connectivity index (χ2v) is 6.52. The molecule has 0 spiro atoms. The molecule has 6 nitrogen and oxygen atoms in total. The highest BCUT2D eigenvalue weighted by Gasteiger charge is 2.30. The van der Waals surface area contributed by atoms with Crippen LogP contribution in [0.15, 0.2) is 21.6 Å². The van der Waals surface area contributed by atoms with E-state index in [0.717, 1.165) is 25.7 Å². The van der Waals surface area contributed by atoms with Crippen molar-refractivity contribution in [1.82, 2.24) is 4.72 Å². The van der Waals surface area contributed by atoms with Crippen molar-refractivity contribution >= 4 is 10.0 Å². The first-order valence-corrected chi connectivity index (χ1v) is 7.97. The van der Waals surface area contributed by atoms with Gasteiger partial charge in [0.25, 0.3) is 10.0 Å². The largest absolute Gasteiger partial charge is 0.447 e. The lowest BCUT2D eigenvalue weighted by Gasteiger charge is -2.30. The summed E-state index contributed by atoms with van der Waals surface area (Å²) in [5, 5.41) is 9.18. The van der Waals surface area contributed by atoms with Crippen LogP contribution in [0.3, 0.4) is 0 Å². The summed E-state index contributed by atoms with van der Waals surface area (Å²) in [6.07, 6.45) is 3.59. The van der Waals surface area contributed by atoms with Crippen LogP contribution < -0.4 is 10.5 Å². The highest BCUT2D eigenvalue weighted by atomic mass is 32.2. The molecule has 1 aromatic rings.